The number of halogens is 1. The van der Waals surface area contributed by atoms with Crippen LogP contribution in [0.2, 0.25) is 0 Å². The molecule has 1 aromatic carbocycles. The molecule has 0 bridgehead atoms. The minimum atomic E-state index is 0. The highest BCUT2D eigenvalue weighted by molar-refractivity contribution is 14.0. The zero-order chi connectivity index (χ0) is 17.4. The molecule has 0 unspecified atom stereocenters. The van der Waals surface area contributed by atoms with Crippen LogP contribution in [0.5, 0.6) is 0 Å². The van der Waals surface area contributed by atoms with Gasteiger partial charge in [0.1, 0.15) is 5.01 Å². The third-order valence-corrected chi connectivity index (χ3v) is 4.28. The lowest BCUT2D eigenvalue weighted by Gasteiger charge is -2.10. The fourth-order valence-electron chi connectivity index (χ4n) is 2.03. The van der Waals surface area contributed by atoms with Crippen LogP contribution in [0.1, 0.15) is 48.5 Å². The van der Waals surface area contributed by atoms with Crippen LogP contribution in [0, 0.1) is 11.3 Å². The van der Waals surface area contributed by atoms with Crippen LogP contribution < -0.4 is 10.6 Å². The van der Waals surface area contributed by atoms with Crippen molar-refractivity contribution in [3.05, 3.63) is 51.5 Å². The lowest BCUT2D eigenvalue weighted by Crippen LogP contribution is -2.36. The van der Waals surface area contributed by atoms with Crippen molar-refractivity contribution in [2.24, 2.45) is 4.99 Å². The normalized spacial score (nSPS) is 10.9. The first-order valence-corrected chi connectivity index (χ1v) is 8.95. The van der Waals surface area contributed by atoms with E-state index in [0.717, 1.165) is 28.8 Å². The van der Waals surface area contributed by atoms with Crippen molar-refractivity contribution < 1.29 is 0 Å². The molecule has 2 N–H and O–H groups in total. The van der Waals surface area contributed by atoms with Crippen LogP contribution in [-0.2, 0) is 13.1 Å². The smallest absolute Gasteiger partial charge is 0.191 e. The molecule has 1 aromatic heterocycles. The summed E-state index contributed by atoms with van der Waals surface area (Å²) in [5.74, 6) is 1.22. The number of benzene rings is 1. The molecule has 2 rings (SSSR count). The van der Waals surface area contributed by atoms with Gasteiger partial charge in [0, 0.05) is 11.9 Å². The number of nitrogens with one attached hydrogen (secondary N) is 2. The number of guanidine groups is 1. The van der Waals surface area contributed by atoms with Gasteiger partial charge < -0.3 is 10.6 Å². The van der Waals surface area contributed by atoms with Gasteiger partial charge >= 0.3 is 0 Å². The number of aromatic nitrogens is 1. The van der Waals surface area contributed by atoms with Crippen molar-refractivity contribution in [2.45, 2.75) is 39.8 Å². The average molecular weight is 469 g/mol. The standard InChI is InChI=1S/C18H23N5S.HI/c1-4-20-18(21-10-15-7-5-14(9-19)6-8-15)22-11-17-23-16(12-24-17)13(2)3;/h5-8,12-13H,4,10-11H2,1-3H3,(H2,20,21,22);1H. The molecular formula is C18H24IN5S. The Hall–Kier alpha value is -1.66. The van der Waals surface area contributed by atoms with Crippen molar-refractivity contribution in [2.75, 3.05) is 6.54 Å². The molecule has 0 saturated carbocycles. The highest BCUT2D eigenvalue weighted by Gasteiger charge is 2.06. The highest BCUT2D eigenvalue weighted by Crippen LogP contribution is 2.17. The number of rotatable bonds is 6. The number of thiazole rings is 1. The Morgan fingerprint density at radius 1 is 1.28 bits per heavy atom. The minimum Gasteiger partial charge on any atom is -0.357 e. The molecule has 0 saturated heterocycles. The third kappa shape index (κ3) is 7.00. The minimum absolute atomic E-state index is 0. The number of aliphatic imine (C=N–C) groups is 1. The predicted octanol–water partition coefficient (Wildman–Crippen LogP) is 4.01. The maximum atomic E-state index is 8.83. The van der Waals surface area contributed by atoms with Gasteiger partial charge in [0.2, 0.25) is 0 Å². The summed E-state index contributed by atoms with van der Waals surface area (Å²) in [5, 5.41) is 18.6. The van der Waals surface area contributed by atoms with Gasteiger partial charge in [-0.2, -0.15) is 5.26 Å². The van der Waals surface area contributed by atoms with E-state index in [1.54, 1.807) is 11.3 Å². The second kappa shape index (κ2) is 11.1. The SMILES string of the molecule is CCNC(=NCc1ccc(C#N)cc1)NCc1nc(C(C)C)cs1.I. The lowest BCUT2D eigenvalue weighted by molar-refractivity contribution is 0.788. The van der Waals surface area contributed by atoms with Crippen LogP contribution in [0.15, 0.2) is 34.6 Å². The largest absolute Gasteiger partial charge is 0.357 e. The van der Waals surface area contributed by atoms with Crippen molar-refractivity contribution >= 4 is 41.3 Å². The topological polar surface area (TPSA) is 73.1 Å². The van der Waals surface area contributed by atoms with E-state index in [9.17, 15) is 0 Å². The van der Waals surface area contributed by atoms with E-state index in [0.29, 0.717) is 24.6 Å². The Kier molecular flexibility index (Phi) is 9.45. The summed E-state index contributed by atoms with van der Waals surface area (Å²) in [6, 6.07) is 9.61. The molecule has 0 fully saturated rings. The molecule has 134 valence electrons. The lowest BCUT2D eigenvalue weighted by atomic mass is 10.1. The van der Waals surface area contributed by atoms with Crippen molar-refractivity contribution in [3.63, 3.8) is 0 Å². The van der Waals surface area contributed by atoms with Crippen molar-refractivity contribution in [3.8, 4) is 6.07 Å². The van der Waals surface area contributed by atoms with Crippen molar-refractivity contribution in [1.29, 1.82) is 5.26 Å². The van der Waals surface area contributed by atoms with Gasteiger partial charge in [0.25, 0.3) is 0 Å². The predicted molar refractivity (Wildman–Crippen MR) is 114 cm³/mol. The molecular weight excluding hydrogens is 445 g/mol. The number of nitrogens with zero attached hydrogens (tertiary/aromatic N) is 3. The summed E-state index contributed by atoms with van der Waals surface area (Å²) in [5.41, 5.74) is 2.87. The third-order valence-electron chi connectivity index (χ3n) is 3.42. The van der Waals surface area contributed by atoms with Gasteiger partial charge in [-0.15, -0.1) is 35.3 Å². The van der Waals surface area contributed by atoms with Gasteiger partial charge in [0.05, 0.1) is 30.4 Å². The zero-order valence-corrected chi connectivity index (χ0v) is 17.9. The van der Waals surface area contributed by atoms with Crippen LogP contribution in [0.3, 0.4) is 0 Å². The fourth-order valence-corrected chi connectivity index (χ4v) is 2.92. The first-order valence-electron chi connectivity index (χ1n) is 8.08. The van der Waals surface area contributed by atoms with E-state index < -0.39 is 0 Å². The van der Waals surface area contributed by atoms with E-state index in [4.69, 9.17) is 5.26 Å². The molecule has 5 nitrogen and oxygen atoms in total. The van der Waals surface area contributed by atoms with Gasteiger partial charge in [-0.05, 0) is 30.5 Å². The number of hydrogen-bond acceptors (Lipinski definition) is 4. The maximum Gasteiger partial charge on any atom is 0.191 e. The molecule has 0 aliphatic heterocycles. The summed E-state index contributed by atoms with van der Waals surface area (Å²) in [4.78, 5) is 9.21. The fraction of sp³-hybridized carbons (Fsp3) is 0.389. The second-order valence-corrected chi connectivity index (χ2v) is 6.62. The van der Waals surface area contributed by atoms with Crippen LogP contribution in [-0.4, -0.2) is 17.5 Å². The van der Waals surface area contributed by atoms with E-state index >= 15 is 0 Å². The molecule has 1 heterocycles. The maximum absolute atomic E-state index is 8.83. The Bertz CT molecular complexity index is 716. The molecule has 2 aromatic rings. The summed E-state index contributed by atoms with van der Waals surface area (Å²) >= 11 is 1.67. The molecule has 0 aliphatic carbocycles. The zero-order valence-electron chi connectivity index (χ0n) is 14.7. The number of nitriles is 1. The molecule has 25 heavy (non-hydrogen) atoms. The Morgan fingerprint density at radius 3 is 2.56 bits per heavy atom. The molecule has 0 radical (unpaired) electrons. The van der Waals surface area contributed by atoms with Gasteiger partial charge in [0.15, 0.2) is 5.96 Å². The summed E-state index contributed by atoms with van der Waals surface area (Å²) in [6.07, 6.45) is 0. The van der Waals surface area contributed by atoms with Crippen LogP contribution in [0.25, 0.3) is 0 Å². The van der Waals surface area contributed by atoms with E-state index in [2.05, 4.69) is 45.9 Å². The molecule has 0 amide bonds. The van der Waals surface area contributed by atoms with Gasteiger partial charge in [-0.1, -0.05) is 26.0 Å². The first kappa shape index (κ1) is 21.4. The highest BCUT2D eigenvalue weighted by atomic mass is 127. The number of hydrogen-bond donors (Lipinski definition) is 2. The monoisotopic (exact) mass is 469 g/mol. The Morgan fingerprint density at radius 2 is 2.00 bits per heavy atom. The quantitative estimate of drug-likeness (QED) is 0.381. The van der Waals surface area contributed by atoms with E-state index in [1.165, 1.54) is 0 Å². The van der Waals surface area contributed by atoms with Gasteiger partial charge in [-0.3, -0.25) is 0 Å². The Labute approximate surface area is 170 Å². The van der Waals surface area contributed by atoms with E-state index in [-0.39, 0.29) is 24.0 Å². The summed E-state index contributed by atoms with van der Waals surface area (Å²) < 4.78 is 0. The molecule has 7 heteroatoms. The van der Waals surface area contributed by atoms with Crippen LogP contribution >= 0.6 is 35.3 Å². The van der Waals surface area contributed by atoms with Gasteiger partial charge in [-0.25, -0.2) is 9.98 Å². The Balaban J connectivity index is 0.00000312. The average Bonchev–Trinajstić information content (AvgIpc) is 3.07. The first-order chi connectivity index (χ1) is 11.6. The molecule has 0 aliphatic rings. The molecule has 0 atom stereocenters. The second-order valence-electron chi connectivity index (χ2n) is 5.68. The summed E-state index contributed by atoms with van der Waals surface area (Å²) in [7, 11) is 0. The summed E-state index contributed by atoms with van der Waals surface area (Å²) in [6.45, 7) is 8.37. The van der Waals surface area contributed by atoms with E-state index in [1.807, 2.05) is 31.2 Å². The van der Waals surface area contributed by atoms with Crippen molar-refractivity contribution in [1.82, 2.24) is 15.6 Å². The molecule has 0 spiro atoms. The van der Waals surface area contributed by atoms with Crippen LogP contribution in [0.4, 0.5) is 0 Å².